The largest absolute Gasteiger partial charge is 0.480 e. The number of nitrogens with one attached hydrogen (secondary N) is 1. The highest BCUT2D eigenvalue weighted by Gasteiger charge is 2.32. The lowest BCUT2D eigenvalue weighted by atomic mass is 9.97. The summed E-state index contributed by atoms with van der Waals surface area (Å²) in [5, 5.41) is 12.6. The average molecular weight is 271 g/mol. The van der Waals surface area contributed by atoms with Crippen LogP contribution in [0, 0.1) is 0 Å². The van der Waals surface area contributed by atoms with E-state index in [0.29, 0.717) is 6.42 Å². The first-order valence-electron chi connectivity index (χ1n) is 7.37. The number of aliphatic carboxylic acids is 1. The van der Waals surface area contributed by atoms with E-state index in [2.05, 4.69) is 29.1 Å². The molecule has 112 valence electrons. The van der Waals surface area contributed by atoms with Gasteiger partial charge in [-0.1, -0.05) is 6.92 Å². The lowest BCUT2D eigenvalue weighted by Crippen LogP contribution is -2.51. The molecule has 0 bridgehead atoms. The quantitative estimate of drug-likeness (QED) is 0.719. The minimum atomic E-state index is -0.797. The van der Waals surface area contributed by atoms with Crippen molar-refractivity contribution in [3.63, 3.8) is 0 Å². The molecular weight excluding hydrogens is 242 g/mol. The highest BCUT2D eigenvalue weighted by Crippen LogP contribution is 2.12. The van der Waals surface area contributed by atoms with Gasteiger partial charge in [0, 0.05) is 19.6 Å². The minimum Gasteiger partial charge on any atom is -0.480 e. The molecule has 5 nitrogen and oxygen atoms in total. The van der Waals surface area contributed by atoms with Gasteiger partial charge in [-0.3, -0.25) is 4.79 Å². The van der Waals surface area contributed by atoms with Gasteiger partial charge >= 0.3 is 5.97 Å². The van der Waals surface area contributed by atoms with Gasteiger partial charge in [-0.25, -0.2) is 0 Å². The maximum atomic E-state index is 11.4. The molecule has 1 heterocycles. The maximum absolute atomic E-state index is 11.4. The molecule has 1 saturated heterocycles. The zero-order chi connectivity index (χ0) is 14.3. The van der Waals surface area contributed by atoms with Crippen molar-refractivity contribution in [2.24, 2.45) is 0 Å². The van der Waals surface area contributed by atoms with Crippen LogP contribution in [0.15, 0.2) is 0 Å². The van der Waals surface area contributed by atoms with Gasteiger partial charge in [0.1, 0.15) is 5.54 Å². The van der Waals surface area contributed by atoms with Crippen LogP contribution in [0.1, 0.15) is 33.1 Å². The van der Waals surface area contributed by atoms with E-state index in [1.54, 1.807) is 6.92 Å². The Kier molecular flexibility index (Phi) is 6.75. The van der Waals surface area contributed by atoms with Gasteiger partial charge in [0.2, 0.25) is 0 Å². The summed E-state index contributed by atoms with van der Waals surface area (Å²) >= 11 is 0. The second-order valence-corrected chi connectivity index (χ2v) is 5.81. The molecule has 1 fully saturated rings. The van der Waals surface area contributed by atoms with Crippen molar-refractivity contribution in [2.45, 2.75) is 38.6 Å². The van der Waals surface area contributed by atoms with Gasteiger partial charge < -0.3 is 20.2 Å². The Labute approximate surface area is 117 Å². The standard InChI is InChI=1S/C14H29N3O2/c1-4-7-15-14(2,13(18)19)6-10-17-9-5-8-16(3)11-12-17/h15H,4-12H2,1-3H3,(H,18,19). The highest BCUT2D eigenvalue weighted by atomic mass is 16.4. The number of likely N-dealkylation sites (N-methyl/N-ethyl adjacent to an activating group) is 1. The Morgan fingerprint density at radius 2 is 2.05 bits per heavy atom. The van der Waals surface area contributed by atoms with E-state index in [1.165, 1.54) is 6.42 Å². The third kappa shape index (κ3) is 5.47. The normalized spacial score (nSPS) is 21.8. The minimum absolute atomic E-state index is 0.659. The van der Waals surface area contributed by atoms with E-state index >= 15 is 0 Å². The van der Waals surface area contributed by atoms with Gasteiger partial charge in [0.25, 0.3) is 0 Å². The molecule has 0 aliphatic carbocycles. The number of carbonyl (C=O) groups is 1. The van der Waals surface area contributed by atoms with Gasteiger partial charge in [-0.05, 0) is 52.9 Å². The number of hydrogen-bond donors (Lipinski definition) is 2. The lowest BCUT2D eigenvalue weighted by molar-refractivity contribution is -0.144. The molecule has 0 aromatic rings. The van der Waals surface area contributed by atoms with E-state index in [-0.39, 0.29) is 0 Å². The van der Waals surface area contributed by atoms with Gasteiger partial charge in [0.15, 0.2) is 0 Å². The Morgan fingerprint density at radius 1 is 1.32 bits per heavy atom. The fourth-order valence-electron chi connectivity index (χ4n) is 2.38. The third-order valence-electron chi connectivity index (χ3n) is 3.98. The Hall–Kier alpha value is -0.650. The number of carboxylic acid groups (broad SMARTS) is 1. The average Bonchev–Trinajstić information content (AvgIpc) is 2.58. The van der Waals surface area contributed by atoms with Crippen molar-refractivity contribution in [1.82, 2.24) is 15.1 Å². The van der Waals surface area contributed by atoms with Gasteiger partial charge in [-0.15, -0.1) is 0 Å². The molecule has 5 heteroatoms. The second kappa shape index (κ2) is 7.82. The van der Waals surface area contributed by atoms with Crippen molar-refractivity contribution in [2.75, 3.05) is 46.3 Å². The first kappa shape index (κ1) is 16.4. The van der Waals surface area contributed by atoms with Crippen molar-refractivity contribution in [1.29, 1.82) is 0 Å². The summed E-state index contributed by atoms with van der Waals surface area (Å²) < 4.78 is 0. The van der Waals surface area contributed by atoms with Crippen molar-refractivity contribution >= 4 is 5.97 Å². The van der Waals surface area contributed by atoms with E-state index in [4.69, 9.17) is 0 Å². The SMILES string of the molecule is CCCNC(C)(CCN1CCCN(C)CC1)C(=O)O. The molecule has 1 aliphatic heterocycles. The predicted molar refractivity (Wildman–Crippen MR) is 77.5 cm³/mol. The van der Waals surface area contributed by atoms with Crippen molar-refractivity contribution in [3.8, 4) is 0 Å². The third-order valence-corrected chi connectivity index (χ3v) is 3.98. The summed E-state index contributed by atoms with van der Waals surface area (Å²) in [6.45, 7) is 9.80. The zero-order valence-corrected chi connectivity index (χ0v) is 12.6. The van der Waals surface area contributed by atoms with Crippen LogP contribution in [0.5, 0.6) is 0 Å². The Balaban J connectivity index is 2.44. The number of nitrogens with zero attached hydrogens (tertiary/aromatic N) is 2. The predicted octanol–water partition coefficient (Wildman–Crippen LogP) is 0.857. The van der Waals surface area contributed by atoms with E-state index in [1.807, 2.05) is 0 Å². The molecule has 0 aromatic heterocycles. The smallest absolute Gasteiger partial charge is 0.323 e. The van der Waals surface area contributed by atoms with Crippen LogP contribution in [0.25, 0.3) is 0 Å². The van der Waals surface area contributed by atoms with Crippen molar-refractivity contribution < 1.29 is 9.90 Å². The Bertz CT molecular complexity index is 286. The molecule has 2 N–H and O–H groups in total. The molecule has 0 saturated carbocycles. The zero-order valence-electron chi connectivity index (χ0n) is 12.6. The maximum Gasteiger partial charge on any atom is 0.323 e. The summed E-state index contributed by atoms with van der Waals surface area (Å²) in [5.41, 5.74) is -0.797. The van der Waals surface area contributed by atoms with Crippen LogP contribution in [0.3, 0.4) is 0 Å². The van der Waals surface area contributed by atoms with E-state index < -0.39 is 11.5 Å². The molecule has 1 unspecified atom stereocenters. The van der Waals surface area contributed by atoms with Crippen LogP contribution in [0.4, 0.5) is 0 Å². The molecule has 1 aliphatic rings. The van der Waals surface area contributed by atoms with Crippen LogP contribution >= 0.6 is 0 Å². The topological polar surface area (TPSA) is 55.8 Å². The van der Waals surface area contributed by atoms with E-state index in [0.717, 1.165) is 45.7 Å². The summed E-state index contributed by atoms with van der Waals surface area (Å²) in [4.78, 5) is 16.2. The number of carboxylic acids is 1. The second-order valence-electron chi connectivity index (χ2n) is 5.81. The van der Waals surface area contributed by atoms with Crippen molar-refractivity contribution in [3.05, 3.63) is 0 Å². The molecule has 0 amide bonds. The first-order chi connectivity index (χ1) is 8.98. The van der Waals surface area contributed by atoms with Crippen LogP contribution in [0.2, 0.25) is 0 Å². The molecule has 1 rings (SSSR count). The van der Waals surface area contributed by atoms with Gasteiger partial charge in [-0.2, -0.15) is 0 Å². The summed E-state index contributed by atoms with van der Waals surface area (Å²) in [5.74, 6) is -0.743. The van der Waals surface area contributed by atoms with Gasteiger partial charge in [0.05, 0.1) is 0 Å². The number of hydrogen-bond acceptors (Lipinski definition) is 4. The van der Waals surface area contributed by atoms with Crippen LogP contribution in [-0.2, 0) is 4.79 Å². The monoisotopic (exact) mass is 271 g/mol. The Morgan fingerprint density at radius 3 is 2.68 bits per heavy atom. The number of rotatable bonds is 7. The lowest BCUT2D eigenvalue weighted by Gasteiger charge is -2.29. The first-order valence-corrected chi connectivity index (χ1v) is 7.37. The molecular formula is C14H29N3O2. The molecule has 19 heavy (non-hydrogen) atoms. The molecule has 1 atom stereocenters. The fraction of sp³-hybridized carbons (Fsp3) is 0.929. The van der Waals surface area contributed by atoms with Crippen LogP contribution in [-0.4, -0.2) is 72.7 Å². The molecule has 0 spiro atoms. The molecule has 0 aromatic carbocycles. The highest BCUT2D eigenvalue weighted by molar-refractivity contribution is 5.78. The summed E-state index contributed by atoms with van der Waals surface area (Å²) in [7, 11) is 2.15. The summed E-state index contributed by atoms with van der Waals surface area (Å²) in [6.07, 6.45) is 2.78. The molecule has 0 radical (unpaired) electrons. The van der Waals surface area contributed by atoms with Crippen LogP contribution < -0.4 is 5.32 Å². The van der Waals surface area contributed by atoms with E-state index in [9.17, 15) is 9.90 Å². The summed E-state index contributed by atoms with van der Waals surface area (Å²) in [6, 6.07) is 0. The fourth-order valence-corrected chi connectivity index (χ4v) is 2.38.